The van der Waals surface area contributed by atoms with Crippen LogP contribution < -0.4 is 5.32 Å². The van der Waals surface area contributed by atoms with Crippen LogP contribution in [0.4, 0.5) is 13.2 Å². The molecule has 6 heteroatoms. The number of rotatable bonds is 9. The van der Waals surface area contributed by atoms with Crippen LogP contribution in [0.15, 0.2) is 22.7 Å². The van der Waals surface area contributed by atoms with E-state index in [9.17, 15) is 13.2 Å². The van der Waals surface area contributed by atoms with Crippen LogP contribution in [0.1, 0.15) is 18.9 Å². The average molecular weight is 354 g/mol. The Labute approximate surface area is 125 Å². The van der Waals surface area contributed by atoms with E-state index in [1.807, 2.05) is 6.92 Å². The van der Waals surface area contributed by atoms with Gasteiger partial charge in [-0.1, -0.05) is 22.9 Å². The molecule has 2 nitrogen and oxygen atoms in total. The predicted molar refractivity (Wildman–Crippen MR) is 76.7 cm³/mol. The molecule has 0 aliphatic rings. The van der Waals surface area contributed by atoms with Gasteiger partial charge in [-0.2, -0.15) is 0 Å². The first-order chi connectivity index (χ1) is 9.52. The Kier molecular flexibility index (Phi) is 8.18. The second kappa shape index (κ2) is 9.37. The van der Waals surface area contributed by atoms with Crippen molar-refractivity contribution in [1.82, 2.24) is 5.32 Å². The highest BCUT2D eigenvalue weighted by Crippen LogP contribution is 2.20. The first kappa shape index (κ1) is 17.5. The Morgan fingerprint density at radius 3 is 2.75 bits per heavy atom. The van der Waals surface area contributed by atoms with E-state index in [2.05, 4.69) is 21.2 Å². The maximum Gasteiger partial charge on any atom is 0.261 e. The second-order valence-electron chi connectivity index (χ2n) is 4.45. The molecule has 0 heterocycles. The van der Waals surface area contributed by atoms with Crippen LogP contribution >= 0.6 is 15.9 Å². The number of nitrogens with one attached hydrogen (secondary N) is 1. The average Bonchev–Trinajstić information content (AvgIpc) is 2.39. The SMILES string of the molecule is CCNC(CCOCC(F)F)Cc1cc(F)ccc1Br. The molecule has 1 rings (SSSR count). The second-order valence-corrected chi connectivity index (χ2v) is 5.30. The van der Waals surface area contributed by atoms with E-state index in [1.54, 1.807) is 6.07 Å². The molecule has 0 spiro atoms. The molecule has 0 saturated carbocycles. The summed E-state index contributed by atoms with van der Waals surface area (Å²) in [5.41, 5.74) is 0.852. The van der Waals surface area contributed by atoms with Crippen molar-refractivity contribution in [3.63, 3.8) is 0 Å². The van der Waals surface area contributed by atoms with E-state index < -0.39 is 13.0 Å². The van der Waals surface area contributed by atoms with Gasteiger partial charge in [0.15, 0.2) is 0 Å². The Balaban J connectivity index is 2.51. The van der Waals surface area contributed by atoms with Crippen molar-refractivity contribution >= 4 is 15.9 Å². The van der Waals surface area contributed by atoms with Gasteiger partial charge in [0.1, 0.15) is 12.4 Å². The third-order valence-electron chi connectivity index (χ3n) is 2.82. The number of hydrogen-bond donors (Lipinski definition) is 1. The molecule has 1 unspecified atom stereocenters. The first-order valence-corrected chi connectivity index (χ1v) is 7.35. The Bertz CT molecular complexity index is 404. The van der Waals surface area contributed by atoms with Crippen molar-refractivity contribution in [3.8, 4) is 0 Å². The molecule has 0 radical (unpaired) electrons. The molecular weight excluding hydrogens is 335 g/mol. The minimum atomic E-state index is -2.44. The molecular formula is C14H19BrF3NO. The molecule has 1 atom stereocenters. The zero-order chi connectivity index (χ0) is 15.0. The predicted octanol–water partition coefficient (Wildman–Crippen LogP) is 3.78. The first-order valence-electron chi connectivity index (χ1n) is 6.56. The summed E-state index contributed by atoms with van der Waals surface area (Å²) in [5, 5.41) is 3.26. The van der Waals surface area contributed by atoms with Crippen molar-refractivity contribution in [1.29, 1.82) is 0 Å². The van der Waals surface area contributed by atoms with Gasteiger partial charge < -0.3 is 10.1 Å². The highest BCUT2D eigenvalue weighted by Gasteiger charge is 2.12. The fourth-order valence-electron chi connectivity index (χ4n) is 1.93. The van der Waals surface area contributed by atoms with Gasteiger partial charge in [-0.25, -0.2) is 13.2 Å². The maximum atomic E-state index is 13.2. The molecule has 0 fully saturated rings. The molecule has 0 bridgehead atoms. The molecule has 1 aromatic carbocycles. The zero-order valence-electron chi connectivity index (χ0n) is 11.3. The molecule has 20 heavy (non-hydrogen) atoms. The van der Waals surface area contributed by atoms with Crippen molar-refractivity contribution < 1.29 is 17.9 Å². The maximum absolute atomic E-state index is 13.2. The van der Waals surface area contributed by atoms with Gasteiger partial charge in [0.2, 0.25) is 0 Å². The number of hydrogen-bond acceptors (Lipinski definition) is 2. The van der Waals surface area contributed by atoms with Crippen molar-refractivity contribution in [2.24, 2.45) is 0 Å². The normalized spacial score (nSPS) is 12.9. The van der Waals surface area contributed by atoms with Crippen LogP contribution in [0.5, 0.6) is 0 Å². The largest absolute Gasteiger partial charge is 0.375 e. The summed E-state index contributed by atoms with van der Waals surface area (Å²) >= 11 is 3.39. The van der Waals surface area contributed by atoms with E-state index >= 15 is 0 Å². The quantitative estimate of drug-likeness (QED) is 0.682. The Hall–Kier alpha value is -0.590. The smallest absolute Gasteiger partial charge is 0.261 e. The monoisotopic (exact) mass is 353 g/mol. The molecule has 0 amide bonds. The lowest BCUT2D eigenvalue weighted by atomic mass is 10.0. The van der Waals surface area contributed by atoms with Crippen LogP contribution in [0.3, 0.4) is 0 Å². The molecule has 0 aliphatic heterocycles. The van der Waals surface area contributed by atoms with Crippen molar-refractivity contribution in [2.45, 2.75) is 32.2 Å². The number of ether oxygens (including phenoxy) is 1. The molecule has 0 saturated heterocycles. The Morgan fingerprint density at radius 1 is 1.35 bits per heavy atom. The van der Waals surface area contributed by atoms with Crippen LogP contribution in [-0.4, -0.2) is 32.2 Å². The molecule has 0 aromatic heterocycles. The lowest BCUT2D eigenvalue weighted by molar-refractivity contribution is 0.0144. The fraction of sp³-hybridized carbons (Fsp3) is 0.571. The van der Waals surface area contributed by atoms with E-state index in [0.717, 1.165) is 16.6 Å². The summed E-state index contributed by atoms with van der Waals surface area (Å²) in [6.07, 6.45) is -1.22. The lowest BCUT2D eigenvalue weighted by Gasteiger charge is -2.19. The minimum Gasteiger partial charge on any atom is -0.375 e. The van der Waals surface area contributed by atoms with E-state index in [-0.39, 0.29) is 18.5 Å². The van der Waals surface area contributed by atoms with Gasteiger partial charge in [-0.15, -0.1) is 0 Å². The number of benzene rings is 1. The van der Waals surface area contributed by atoms with Gasteiger partial charge in [-0.3, -0.25) is 0 Å². The molecule has 114 valence electrons. The molecule has 1 N–H and O–H groups in total. The van der Waals surface area contributed by atoms with Gasteiger partial charge in [0.05, 0.1) is 0 Å². The van der Waals surface area contributed by atoms with Gasteiger partial charge in [-0.05, 0) is 43.1 Å². The topological polar surface area (TPSA) is 21.3 Å². The summed E-state index contributed by atoms with van der Waals surface area (Å²) in [5.74, 6) is -0.285. The van der Waals surface area contributed by atoms with Crippen molar-refractivity contribution in [3.05, 3.63) is 34.1 Å². The molecule has 1 aromatic rings. The van der Waals surface area contributed by atoms with Crippen LogP contribution in [0.2, 0.25) is 0 Å². The third-order valence-corrected chi connectivity index (χ3v) is 3.59. The highest BCUT2D eigenvalue weighted by molar-refractivity contribution is 9.10. The van der Waals surface area contributed by atoms with Crippen molar-refractivity contribution in [2.75, 3.05) is 19.8 Å². The lowest BCUT2D eigenvalue weighted by Crippen LogP contribution is -2.32. The summed E-state index contributed by atoms with van der Waals surface area (Å²) in [7, 11) is 0. The Morgan fingerprint density at radius 2 is 2.10 bits per heavy atom. The summed E-state index contributed by atoms with van der Waals surface area (Å²) < 4.78 is 42.9. The van der Waals surface area contributed by atoms with Gasteiger partial charge >= 0.3 is 0 Å². The number of halogens is 4. The van der Waals surface area contributed by atoms with Crippen LogP contribution in [0.25, 0.3) is 0 Å². The third kappa shape index (κ3) is 6.72. The minimum absolute atomic E-state index is 0.0655. The van der Waals surface area contributed by atoms with E-state index in [1.165, 1.54) is 12.1 Å². The summed E-state index contributed by atoms with van der Waals surface area (Å²) in [6.45, 7) is 2.44. The van der Waals surface area contributed by atoms with Gasteiger partial charge in [0, 0.05) is 17.1 Å². The number of alkyl halides is 2. The van der Waals surface area contributed by atoms with Crippen LogP contribution in [-0.2, 0) is 11.2 Å². The van der Waals surface area contributed by atoms with E-state index in [4.69, 9.17) is 4.74 Å². The van der Waals surface area contributed by atoms with E-state index in [0.29, 0.717) is 12.8 Å². The summed E-state index contributed by atoms with van der Waals surface area (Å²) in [4.78, 5) is 0. The highest BCUT2D eigenvalue weighted by atomic mass is 79.9. The summed E-state index contributed by atoms with van der Waals surface area (Å²) in [6, 6.07) is 4.60. The van der Waals surface area contributed by atoms with Gasteiger partial charge in [0.25, 0.3) is 6.43 Å². The fourth-order valence-corrected chi connectivity index (χ4v) is 2.34. The van der Waals surface area contributed by atoms with Crippen LogP contribution in [0, 0.1) is 5.82 Å². The number of likely N-dealkylation sites (N-methyl/N-ethyl adjacent to an activating group) is 1. The molecule has 0 aliphatic carbocycles. The standard InChI is InChI=1S/C14H19BrF3NO/c1-2-19-12(5-6-20-9-14(17)18)8-10-7-11(16)3-4-13(10)15/h3-4,7,12,14,19H,2,5-6,8-9H2,1H3. The zero-order valence-corrected chi connectivity index (χ0v) is 12.9.